The van der Waals surface area contributed by atoms with E-state index in [9.17, 15) is 8.42 Å². The van der Waals surface area contributed by atoms with Crippen molar-refractivity contribution in [3.63, 3.8) is 0 Å². The summed E-state index contributed by atoms with van der Waals surface area (Å²) in [5.74, 6) is 0.143. The molecule has 0 bridgehead atoms. The zero-order valence-electron chi connectivity index (χ0n) is 6.13. The molecular formula is C5H14N2O2S. The number of nitrogens with one attached hydrogen (secondary N) is 1. The summed E-state index contributed by atoms with van der Waals surface area (Å²) in [6.07, 6.45) is 0. The van der Waals surface area contributed by atoms with Crippen LogP contribution in [-0.2, 0) is 10.0 Å². The smallest absolute Gasteiger partial charge is 0.211 e. The van der Waals surface area contributed by atoms with Crippen molar-refractivity contribution < 1.29 is 13.7 Å². The van der Waals surface area contributed by atoms with Gasteiger partial charge in [0.1, 0.15) is 0 Å². The maximum Gasteiger partial charge on any atom is 0.211 e. The van der Waals surface area contributed by atoms with Gasteiger partial charge in [0.25, 0.3) is 0 Å². The first-order valence-electron chi connectivity index (χ1n) is 3.20. The maximum absolute atomic E-state index is 10.7. The van der Waals surface area contributed by atoms with Gasteiger partial charge in [-0.15, -0.1) is 0 Å². The Labute approximate surface area is 62.1 Å². The number of quaternary nitrogens is 1. The van der Waals surface area contributed by atoms with E-state index in [2.05, 4.69) is 11.8 Å². The second-order valence-electron chi connectivity index (χ2n) is 1.88. The van der Waals surface area contributed by atoms with Crippen LogP contribution in [0, 0.1) is 7.05 Å². The standard InChI is InChI=1S/C5H14N2O2S/c1-3-10(8,9)7-5-4-6-2/h7H,2-6H2,1H3. The van der Waals surface area contributed by atoms with Gasteiger partial charge >= 0.3 is 0 Å². The van der Waals surface area contributed by atoms with Gasteiger partial charge < -0.3 is 5.32 Å². The number of rotatable bonds is 5. The predicted octanol–water partition coefficient (Wildman–Crippen LogP) is -1.72. The molecule has 0 aliphatic carbocycles. The van der Waals surface area contributed by atoms with Gasteiger partial charge in [0.15, 0.2) is 0 Å². The monoisotopic (exact) mass is 166 g/mol. The molecule has 0 spiro atoms. The quantitative estimate of drug-likeness (QED) is 0.377. The number of sulfonamides is 1. The van der Waals surface area contributed by atoms with Crippen molar-refractivity contribution in [3.05, 3.63) is 7.05 Å². The molecule has 0 aromatic heterocycles. The fraction of sp³-hybridized carbons (Fsp3) is 0.800. The molecule has 0 radical (unpaired) electrons. The summed E-state index contributed by atoms with van der Waals surface area (Å²) in [5, 5.41) is 1.68. The van der Waals surface area contributed by atoms with E-state index in [0.29, 0.717) is 13.1 Å². The Morgan fingerprint density at radius 2 is 2.20 bits per heavy atom. The summed E-state index contributed by atoms with van der Waals surface area (Å²) in [7, 11) is 0.482. The lowest BCUT2D eigenvalue weighted by Crippen LogP contribution is -2.78. The lowest BCUT2D eigenvalue weighted by Gasteiger charge is -2.02. The fourth-order valence-electron chi connectivity index (χ4n) is 0.419. The molecule has 0 aromatic rings. The first-order valence-corrected chi connectivity index (χ1v) is 4.86. The first kappa shape index (κ1) is 9.87. The van der Waals surface area contributed by atoms with Crippen LogP contribution in [0.5, 0.6) is 0 Å². The summed E-state index contributed by atoms with van der Waals surface area (Å²) >= 11 is 0. The van der Waals surface area contributed by atoms with E-state index in [1.165, 1.54) is 0 Å². The minimum atomic E-state index is -2.99. The third-order valence-corrected chi connectivity index (χ3v) is 2.45. The van der Waals surface area contributed by atoms with Gasteiger partial charge in [0.2, 0.25) is 10.0 Å². The van der Waals surface area contributed by atoms with E-state index in [-0.39, 0.29) is 5.75 Å². The molecule has 0 saturated carbocycles. The molecule has 0 aliphatic heterocycles. The van der Waals surface area contributed by atoms with Crippen LogP contribution in [0.1, 0.15) is 6.92 Å². The molecule has 4 nitrogen and oxygen atoms in total. The molecule has 0 unspecified atom stereocenters. The van der Waals surface area contributed by atoms with Crippen LogP contribution < -0.4 is 10.0 Å². The third kappa shape index (κ3) is 4.72. The van der Waals surface area contributed by atoms with E-state index in [1.807, 2.05) is 0 Å². The van der Waals surface area contributed by atoms with Gasteiger partial charge in [-0.2, -0.15) is 7.05 Å². The zero-order chi connectivity index (χ0) is 8.04. The molecule has 62 valence electrons. The van der Waals surface area contributed by atoms with Crippen LogP contribution in [0.3, 0.4) is 0 Å². The minimum absolute atomic E-state index is 0.143. The Kier molecular flexibility index (Phi) is 4.59. The molecule has 0 saturated heterocycles. The summed E-state index contributed by atoms with van der Waals surface area (Å²) in [4.78, 5) is 0. The molecule has 0 fully saturated rings. The molecule has 0 amide bonds. The highest BCUT2D eigenvalue weighted by atomic mass is 32.2. The number of nitrogens with two attached hydrogens (primary N) is 1. The molecule has 0 aromatic carbocycles. The summed E-state index contributed by atoms with van der Waals surface area (Å²) in [5.41, 5.74) is 0. The lowest BCUT2D eigenvalue weighted by molar-refractivity contribution is -0.593. The Morgan fingerprint density at radius 1 is 1.60 bits per heavy atom. The predicted molar refractivity (Wildman–Crippen MR) is 39.6 cm³/mol. The number of hydrogen-bond donors (Lipinski definition) is 2. The Bertz CT molecular complexity index is 164. The van der Waals surface area contributed by atoms with Crippen LogP contribution in [-0.4, -0.2) is 27.3 Å². The van der Waals surface area contributed by atoms with Crippen molar-refractivity contribution in [2.24, 2.45) is 0 Å². The molecule has 0 heterocycles. The fourth-order valence-corrected chi connectivity index (χ4v) is 1.05. The van der Waals surface area contributed by atoms with Gasteiger partial charge in [-0.3, -0.25) is 0 Å². The largest absolute Gasteiger partial charge is 0.478 e. The highest BCUT2D eigenvalue weighted by Gasteiger charge is 2.03. The molecule has 10 heavy (non-hydrogen) atoms. The van der Waals surface area contributed by atoms with Gasteiger partial charge in [0, 0.05) is 0 Å². The van der Waals surface area contributed by atoms with Crippen molar-refractivity contribution in [1.82, 2.24) is 4.72 Å². The zero-order valence-corrected chi connectivity index (χ0v) is 6.95. The van der Waals surface area contributed by atoms with Gasteiger partial charge in [0.05, 0.1) is 18.8 Å². The summed E-state index contributed by atoms with van der Waals surface area (Å²) in [6, 6.07) is 0. The minimum Gasteiger partial charge on any atom is -0.478 e. The van der Waals surface area contributed by atoms with Crippen molar-refractivity contribution >= 4 is 10.0 Å². The molecule has 0 atom stereocenters. The van der Waals surface area contributed by atoms with Gasteiger partial charge in [-0.25, -0.2) is 13.1 Å². The Morgan fingerprint density at radius 3 is 2.60 bits per heavy atom. The third-order valence-electron chi connectivity index (χ3n) is 1.05. The Balaban J connectivity index is 3.49. The van der Waals surface area contributed by atoms with Crippen LogP contribution in [0.25, 0.3) is 0 Å². The molecule has 3 N–H and O–H groups in total. The molecule has 0 rings (SSSR count). The number of hydrogen-bond acceptors (Lipinski definition) is 2. The van der Waals surface area contributed by atoms with E-state index < -0.39 is 10.0 Å². The molecular weight excluding hydrogens is 152 g/mol. The molecule has 5 heteroatoms. The van der Waals surface area contributed by atoms with Crippen LogP contribution in [0.2, 0.25) is 0 Å². The van der Waals surface area contributed by atoms with Crippen molar-refractivity contribution in [3.8, 4) is 0 Å². The van der Waals surface area contributed by atoms with Gasteiger partial charge in [-0.1, -0.05) is 0 Å². The van der Waals surface area contributed by atoms with E-state index >= 15 is 0 Å². The highest BCUT2D eigenvalue weighted by molar-refractivity contribution is 7.89. The average Bonchev–Trinajstić information content (AvgIpc) is 1.89. The molecule has 0 aliphatic rings. The van der Waals surface area contributed by atoms with E-state index in [1.54, 1.807) is 12.2 Å². The van der Waals surface area contributed by atoms with E-state index in [4.69, 9.17) is 0 Å². The van der Waals surface area contributed by atoms with Crippen LogP contribution in [0.4, 0.5) is 0 Å². The van der Waals surface area contributed by atoms with Crippen molar-refractivity contribution in [1.29, 1.82) is 0 Å². The topological polar surface area (TPSA) is 62.8 Å². The second-order valence-corrected chi connectivity index (χ2v) is 3.97. The van der Waals surface area contributed by atoms with E-state index in [0.717, 1.165) is 0 Å². The normalized spacial score (nSPS) is 11.8. The SMILES string of the molecule is [CH2-][NH2+]CCNS(=O)(=O)CC. The maximum atomic E-state index is 10.7. The Hall–Kier alpha value is -0.130. The average molecular weight is 166 g/mol. The van der Waals surface area contributed by atoms with Crippen molar-refractivity contribution in [2.75, 3.05) is 18.8 Å². The summed E-state index contributed by atoms with van der Waals surface area (Å²) in [6.45, 7) is 2.75. The summed E-state index contributed by atoms with van der Waals surface area (Å²) < 4.78 is 23.9. The second kappa shape index (κ2) is 4.65. The highest BCUT2D eigenvalue weighted by Crippen LogP contribution is 1.78. The van der Waals surface area contributed by atoms with Crippen LogP contribution in [0.15, 0.2) is 0 Å². The first-order chi connectivity index (χ1) is 4.62. The van der Waals surface area contributed by atoms with Gasteiger partial charge in [-0.05, 0) is 6.92 Å². The lowest BCUT2D eigenvalue weighted by atomic mass is 10.7. The van der Waals surface area contributed by atoms with Crippen LogP contribution >= 0.6 is 0 Å². The van der Waals surface area contributed by atoms with Crippen molar-refractivity contribution in [2.45, 2.75) is 6.92 Å².